The molecule has 0 bridgehead atoms. The monoisotopic (exact) mass is 491 g/mol. The minimum absolute atomic E-state index is 0.314. The van der Waals surface area contributed by atoms with Gasteiger partial charge in [0.15, 0.2) is 0 Å². The number of para-hydroxylation sites is 1. The summed E-state index contributed by atoms with van der Waals surface area (Å²) in [7, 11) is 0. The van der Waals surface area contributed by atoms with Gasteiger partial charge in [0.05, 0.1) is 28.8 Å². The third-order valence-corrected chi connectivity index (χ3v) is 6.51. The van der Waals surface area contributed by atoms with E-state index in [1.54, 1.807) is 18.2 Å². The van der Waals surface area contributed by atoms with E-state index >= 15 is 4.39 Å². The Labute approximate surface area is 212 Å². The molecule has 0 atom stereocenters. The van der Waals surface area contributed by atoms with Gasteiger partial charge in [-0.05, 0) is 60.5 Å². The molecule has 0 saturated carbocycles. The molecule has 182 valence electrons. The first-order chi connectivity index (χ1) is 18.0. The standard InChI is InChI=1S/C31H23F2N3O/c1-20-34-30-17-27(37-19-26-13-10-22-4-2-3-5-29(22)35-26)14-15-31(30)36(20)18-24-7-6-23(16-28(24)33)21-8-11-25(32)12-9-21/h2-17H,18-19H2,1H3. The van der Waals surface area contributed by atoms with Gasteiger partial charge in [0.25, 0.3) is 0 Å². The van der Waals surface area contributed by atoms with Gasteiger partial charge in [-0.25, -0.2) is 18.7 Å². The van der Waals surface area contributed by atoms with Crippen molar-refractivity contribution in [3.05, 3.63) is 126 Å². The number of benzene rings is 4. The number of aromatic nitrogens is 3. The first-order valence-corrected chi connectivity index (χ1v) is 12.0. The molecule has 0 radical (unpaired) electrons. The van der Waals surface area contributed by atoms with Crippen LogP contribution in [0.1, 0.15) is 17.1 Å². The second-order valence-electron chi connectivity index (χ2n) is 8.99. The van der Waals surface area contributed by atoms with Crippen molar-refractivity contribution in [1.82, 2.24) is 14.5 Å². The average Bonchev–Trinajstić information content (AvgIpc) is 3.22. The molecule has 0 aliphatic heterocycles. The molecule has 0 amide bonds. The maximum absolute atomic E-state index is 15.0. The quantitative estimate of drug-likeness (QED) is 0.243. The van der Waals surface area contributed by atoms with E-state index in [-0.39, 0.29) is 11.6 Å². The van der Waals surface area contributed by atoms with Crippen molar-refractivity contribution in [2.75, 3.05) is 0 Å². The van der Waals surface area contributed by atoms with Crippen molar-refractivity contribution < 1.29 is 13.5 Å². The molecule has 0 spiro atoms. The first-order valence-electron chi connectivity index (χ1n) is 12.0. The number of imidazole rings is 1. The zero-order chi connectivity index (χ0) is 25.4. The largest absolute Gasteiger partial charge is 0.487 e. The van der Waals surface area contributed by atoms with Crippen molar-refractivity contribution >= 4 is 21.9 Å². The molecular weight excluding hydrogens is 468 g/mol. The van der Waals surface area contributed by atoms with Gasteiger partial charge in [0.1, 0.15) is 29.8 Å². The summed E-state index contributed by atoms with van der Waals surface area (Å²) in [6.45, 7) is 2.60. The number of aryl methyl sites for hydroxylation is 1. The van der Waals surface area contributed by atoms with E-state index in [0.29, 0.717) is 30.0 Å². The minimum atomic E-state index is -0.317. The maximum atomic E-state index is 15.0. The fourth-order valence-corrected chi connectivity index (χ4v) is 4.53. The highest BCUT2D eigenvalue weighted by Gasteiger charge is 2.13. The Hall–Kier alpha value is -4.58. The van der Waals surface area contributed by atoms with Gasteiger partial charge in [-0.2, -0.15) is 0 Å². The van der Waals surface area contributed by atoms with Crippen molar-refractivity contribution in [2.24, 2.45) is 0 Å². The number of hydrogen-bond acceptors (Lipinski definition) is 3. The van der Waals surface area contributed by atoms with Crippen LogP contribution in [0.3, 0.4) is 0 Å². The Morgan fingerprint density at radius 2 is 1.57 bits per heavy atom. The Bertz CT molecular complexity index is 1740. The molecule has 0 saturated heterocycles. The Balaban J connectivity index is 1.21. The Morgan fingerprint density at radius 1 is 0.757 bits per heavy atom. The summed E-state index contributed by atoms with van der Waals surface area (Å²) < 4.78 is 36.2. The van der Waals surface area contributed by atoms with Crippen LogP contribution in [-0.4, -0.2) is 14.5 Å². The second-order valence-corrected chi connectivity index (χ2v) is 8.99. The van der Waals surface area contributed by atoms with Crippen molar-refractivity contribution in [3.63, 3.8) is 0 Å². The fourth-order valence-electron chi connectivity index (χ4n) is 4.53. The maximum Gasteiger partial charge on any atom is 0.130 e. The summed E-state index contributed by atoms with van der Waals surface area (Å²) in [5, 5.41) is 1.09. The van der Waals surface area contributed by atoms with Gasteiger partial charge in [-0.1, -0.05) is 48.5 Å². The van der Waals surface area contributed by atoms with Crippen LogP contribution in [0.5, 0.6) is 5.75 Å². The zero-order valence-electron chi connectivity index (χ0n) is 20.2. The third kappa shape index (κ3) is 4.66. The minimum Gasteiger partial charge on any atom is -0.487 e. The van der Waals surface area contributed by atoms with E-state index < -0.39 is 0 Å². The SMILES string of the molecule is Cc1nc2cc(OCc3ccc4ccccc4n3)ccc2n1Cc1ccc(-c2ccc(F)cc2)cc1F. The summed E-state index contributed by atoms with van der Waals surface area (Å²) in [6.07, 6.45) is 0. The topological polar surface area (TPSA) is 39.9 Å². The van der Waals surface area contributed by atoms with E-state index in [4.69, 9.17) is 4.74 Å². The first kappa shape index (κ1) is 22.9. The van der Waals surface area contributed by atoms with Crippen molar-refractivity contribution in [2.45, 2.75) is 20.1 Å². The van der Waals surface area contributed by atoms with Gasteiger partial charge in [-0.3, -0.25) is 0 Å². The van der Waals surface area contributed by atoms with Gasteiger partial charge < -0.3 is 9.30 Å². The molecule has 4 nitrogen and oxygen atoms in total. The van der Waals surface area contributed by atoms with Crippen LogP contribution in [0.4, 0.5) is 8.78 Å². The summed E-state index contributed by atoms with van der Waals surface area (Å²) in [5.41, 5.74) is 5.49. The third-order valence-electron chi connectivity index (χ3n) is 6.51. The van der Waals surface area contributed by atoms with Crippen LogP contribution in [0.2, 0.25) is 0 Å². The highest BCUT2D eigenvalue weighted by atomic mass is 19.1. The molecule has 6 heteroatoms. The highest BCUT2D eigenvalue weighted by Crippen LogP contribution is 2.26. The molecule has 0 fully saturated rings. The lowest BCUT2D eigenvalue weighted by atomic mass is 10.0. The van der Waals surface area contributed by atoms with Crippen LogP contribution in [0.25, 0.3) is 33.1 Å². The highest BCUT2D eigenvalue weighted by molar-refractivity contribution is 5.79. The van der Waals surface area contributed by atoms with Crippen LogP contribution in [0, 0.1) is 18.6 Å². The molecule has 0 aliphatic rings. The van der Waals surface area contributed by atoms with E-state index in [2.05, 4.69) is 9.97 Å². The molecule has 37 heavy (non-hydrogen) atoms. The lowest BCUT2D eigenvalue weighted by molar-refractivity contribution is 0.302. The zero-order valence-corrected chi connectivity index (χ0v) is 20.2. The number of fused-ring (bicyclic) bond motifs is 2. The molecule has 0 aliphatic carbocycles. The van der Waals surface area contributed by atoms with E-state index in [1.165, 1.54) is 18.2 Å². The fraction of sp³-hybridized carbons (Fsp3) is 0.0968. The summed E-state index contributed by atoms with van der Waals surface area (Å²) in [6, 6.07) is 28.9. The van der Waals surface area contributed by atoms with Crippen molar-refractivity contribution in [3.8, 4) is 16.9 Å². The number of nitrogens with zero attached hydrogens (tertiary/aromatic N) is 3. The van der Waals surface area contributed by atoms with E-state index in [0.717, 1.165) is 39.0 Å². The van der Waals surface area contributed by atoms with Crippen LogP contribution in [-0.2, 0) is 13.2 Å². The molecule has 4 aromatic carbocycles. The lowest BCUT2D eigenvalue weighted by Gasteiger charge is -2.11. The number of halogens is 2. The molecule has 0 unspecified atom stereocenters. The molecule has 6 rings (SSSR count). The van der Waals surface area contributed by atoms with Gasteiger partial charge in [0, 0.05) is 17.0 Å². The van der Waals surface area contributed by atoms with Crippen LogP contribution >= 0.6 is 0 Å². The normalized spacial score (nSPS) is 11.3. The molecule has 6 aromatic rings. The number of ether oxygens (including phenoxy) is 1. The predicted molar refractivity (Wildman–Crippen MR) is 141 cm³/mol. The summed E-state index contributed by atoms with van der Waals surface area (Å²) >= 11 is 0. The smallest absolute Gasteiger partial charge is 0.130 e. The second kappa shape index (κ2) is 9.47. The Morgan fingerprint density at radius 3 is 2.41 bits per heavy atom. The molecular formula is C31H23F2N3O. The molecule has 0 N–H and O–H groups in total. The lowest BCUT2D eigenvalue weighted by Crippen LogP contribution is -2.04. The van der Waals surface area contributed by atoms with Gasteiger partial charge >= 0.3 is 0 Å². The predicted octanol–water partition coefficient (Wildman–Crippen LogP) is 7.47. The molecule has 2 heterocycles. The van der Waals surface area contributed by atoms with Gasteiger partial charge in [-0.15, -0.1) is 0 Å². The number of hydrogen-bond donors (Lipinski definition) is 0. The Kier molecular flexibility index (Phi) is 5.85. The number of pyridine rings is 1. The van der Waals surface area contributed by atoms with Crippen LogP contribution in [0.15, 0.2) is 97.1 Å². The summed E-state index contributed by atoms with van der Waals surface area (Å²) in [4.78, 5) is 9.34. The van der Waals surface area contributed by atoms with E-state index in [1.807, 2.05) is 72.2 Å². The number of rotatable bonds is 6. The van der Waals surface area contributed by atoms with Crippen LogP contribution < -0.4 is 4.74 Å². The summed E-state index contributed by atoms with van der Waals surface area (Å²) in [5.74, 6) is 0.848. The average molecular weight is 492 g/mol. The molecule has 2 aromatic heterocycles. The van der Waals surface area contributed by atoms with Gasteiger partial charge in [0.2, 0.25) is 0 Å². The van der Waals surface area contributed by atoms with E-state index in [9.17, 15) is 4.39 Å². The van der Waals surface area contributed by atoms with Crippen molar-refractivity contribution in [1.29, 1.82) is 0 Å².